The van der Waals surface area contributed by atoms with Gasteiger partial charge in [-0.05, 0) is 18.1 Å². The summed E-state index contributed by atoms with van der Waals surface area (Å²) in [5, 5.41) is 6.96. The summed E-state index contributed by atoms with van der Waals surface area (Å²) in [5.41, 5.74) is 0.497. The van der Waals surface area contributed by atoms with Crippen molar-refractivity contribution in [2.45, 2.75) is 19.9 Å². The van der Waals surface area contributed by atoms with E-state index < -0.39 is 11.9 Å². The third kappa shape index (κ3) is 2.81. The molecule has 0 bridgehead atoms. The van der Waals surface area contributed by atoms with E-state index in [4.69, 9.17) is 4.74 Å². The van der Waals surface area contributed by atoms with Crippen LogP contribution in [0, 0.1) is 11.7 Å². The molecule has 2 aromatic rings. The Morgan fingerprint density at radius 1 is 1.47 bits per heavy atom. The van der Waals surface area contributed by atoms with E-state index in [1.807, 2.05) is 13.8 Å². The van der Waals surface area contributed by atoms with E-state index in [0.29, 0.717) is 5.65 Å². The number of aromatic nitrogens is 3. The number of pyridine rings is 1. The molecular formula is C12H15FN4O2. The van der Waals surface area contributed by atoms with Crippen molar-refractivity contribution in [1.29, 1.82) is 0 Å². The molecule has 1 atom stereocenters. The average Bonchev–Trinajstić information content (AvgIpc) is 2.76. The molecular weight excluding hydrogens is 251 g/mol. The SMILES string of the molecule is COC(=O)C(Nc1nc2ccc(F)cn2n1)C(C)C. The fraction of sp³-hybridized carbons (Fsp3) is 0.417. The lowest BCUT2D eigenvalue weighted by Gasteiger charge is -2.18. The monoisotopic (exact) mass is 266 g/mol. The van der Waals surface area contributed by atoms with Gasteiger partial charge in [0.2, 0.25) is 5.95 Å². The average molecular weight is 266 g/mol. The molecule has 0 radical (unpaired) electrons. The normalized spacial score (nSPS) is 12.7. The van der Waals surface area contributed by atoms with Crippen LogP contribution in [-0.2, 0) is 9.53 Å². The van der Waals surface area contributed by atoms with Gasteiger partial charge < -0.3 is 10.1 Å². The van der Waals surface area contributed by atoms with Crippen LogP contribution in [-0.4, -0.2) is 33.7 Å². The fourth-order valence-electron chi connectivity index (χ4n) is 1.68. The van der Waals surface area contributed by atoms with Gasteiger partial charge in [0.1, 0.15) is 11.9 Å². The predicted octanol–water partition coefficient (Wildman–Crippen LogP) is 1.48. The number of hydrogen-bond donors (Lipinski definition) is 1. The smallest absolute Gasteiger partial charge is 0.328 e. The second-order valence-electron chi connectivity index (χ2n) is 4.47. The van der Waals surface area contributed by atoms with Gasteiger partial charge in [0.15, 0.2) is 5.65 Å². The number of rotatable bonds is 4. The van der Waals surface area contributed by atoms with Crippen LogP contribution < -0.4 is 5.32 Å². The van der Waals surface area contributed by atoms with E-state index in [0.717, 1.165) is 0 Å². The van der Waals surface area contributed by atoms with Crippen LogP contribution in [0.15, 0.2) is 18.3 Å². The van der Waals surface area contributed by atoms with Crippen LogP contribution in [0.1, 0.15) is 13.8 Å². The van der Waals surface area contributed by atoms with Crippen LogP contribution in [0.4, 0.5) is 10.3 Å². The molecule has 2 rings (SSSR count). The van der Waals surface area contributed by atoms with Gasteiger partial charge in [0.05, 0.1) is 13.3 Å². The molecule has 7 heteroatoms. The highest BCUT2D eigenvalue weighted by molar-refractivity contribution is 5.78. The number of nitrogens with one attached hydrogen (secondary N) is 1. The van der Waals surface area contributed by atoms with Crippen molar-refractivity contribution in [2.75, 3.05) is 12.4 Å². The number of hydrogen-bond acceptors (Lipinski definition) is 5. The zero-order valence-electron chi connectivity index (χ0n) is 10.9. The van der Waals surface area contributed by atoms with Crippen LogP contribution in [0.5, 0.6) is 0 Å². The van der Waals surface area contributed by atoms with Gasteiger partial charge in [-0.2, -0.15) is 4.98 Å². The lowest BCUT2D eigenvalue weighted by atomic mass is 10.1. The maximum atomic E-state index is 13.0. The van der Waals surface area contributed by atoms with Gasteiger partial charge in [0, 0.05) is 0 Å². The van der Waals surface area contributed by atoms with Crippen LogP contribution in [0.2, 0.25) is 0 Å². The van der Waals surface area contributed by atoms with Gasteiger partial charge in [-0.25, -0.2) is 13.7 Å². The molecule has 0 aliphatic heterocycles. The number of anilines is 1. The fourth-order valence-corrected chi connectivity index (χ4v) is 1.68. The third-order valence-electron chi connectivity index (χ3n) is 2.70. The highest BCUT2D eigenvalue weighted by atomic mass is 19.1. The first-order valence-corrected chi connectivity index (χ1v) is 5.87. The van der Waals surface area contributed by atoms with Crippen molar-refractivity contribution in [3.63, 3.8) is 0 Å². The van der Waals surface area contributed by atoms with Gasteiger partial charge in [-0.15, -0.1) is 5.10 Å². The topological polar surface area (TPSA) is 68.5 Å². The maximum Gasteiger partial charge on any atom is 0.328 e. The summed E-state index contributed by atoms with van der Waals surface area (Å²) < 4.78 is 19.1. The van der Waals surface area contributed by atoms with E-state index in [1.165, 1.54) is 30.0 Å². The first-order chi connectivity index (χ1) is 9.01. The Morgan fingerprint density at radius 3 is 2.84 bits per heavy atom. The first kappa shape index (κ1) is 13.3. The minimum absolute atomic E-state index is 0.01000. The molecule has 0 fully saturated rings. The molecule has 102 valence electrons. The van der Waals surface area contributed by atoms with E-state index in [-0.39, 0.29) is 17.8 Å². The lowest BCUT2D eigenvalue weighted by molar-refractivity contribution is -0.142. The molecule has 1 N–H and O–H groups in total. The van der Waals surface area contributed by atoms with E-state index in [1.54, 1.807) is 0 Å². The maximum absolute atomic E-state index is 13.0. The molecule has 19 heavy (non-hydrogen) atoms. The molecule has 0 aliphatic rings. The number of ether oxygens (including phenoxy) is 1. The summed E-state index contributed by atoms with van der Waals surface area (Å²) in [6.07, 6.45) is 1.22. The Hall–Kier alpha value is -2.18. The lowest BCUT2D eigenvalue weighted by Crippen LogP contribution is -2.35. The summed E-state index contributed by atoms with van der Waals surface area (Å²) >= 11 is 0. The Morgan fingerprint density at radius 2 is 2.21 bits per heavy atom. The number of halogens is 1. The van der Waals surface area contributed by atoms with Crippen LogP contribution in [0.25, 0.3) is 5.65 Å². The zero-order valence-corrected chi connectivity index (χ0v) is 10.9. The summed E-state index contributed by atoms with van der Waals surface area (Å²) in [4.78, 5) is 15.8. The molecule has 2 aromatic heterocycles. The van der Waals surface area contributed by atoms with E-state index in [9.17, 15) is 9.18 Å². The number of methoxy groups -OCH3 is 1. The summed E-state index contributed by atoms with van der Waals surface area (Å²) in [6, 6.07) is 2.26. The van der Waals surface area contributed by atoms with Gasteiger partial charge in [0.25, 0.3) is 0 Å². The zero-order chi connectivity index (χ0) is 14.0. The standard InChI is InChI=1S/C12H15FN4O2/c1-7(2)10(11(18)19-3)15-12-14-9-5-4-8(13)6-17(9)16-12/h4-7,10H,1-3H3,(H,15,16). The molecule has 0 aliphatic carbocycles. The van der Waals surface area contributed by atoms with E-state index in [2.05, 4.69) is 15.4 Å². The molecule has 0 spiro atoms. The molecule has 1 unspecified atom stereocenters. The molecule has 0 saturated carbocycles. The second-order valence-corrected chi connectivity index (χ2v) is 4.47. The summed E-state index contributed by atoms with van der Waals surface area (Å²) in [6.45, 7) is 3.76. The minimum Gasteiger partial charge on any atom is -0.467 e. The molecule has 0 amide bonds. The van der Waals surface area contributed by atoms with Gasteiger partial charge in [-0.1, -0.05) is 13.8 Å². The Bertz CT molecular complexity index is 596. The Kier molecular flexibility index (Phi) is 3.64. The minimum atomic E-state index is -0.549. The van der Waals surface area contributed by atoms with Crippen molar-refractivity contribution < 1.29 is 13.9 Å². The second kappa shape index (κ2) is 5.21. The molecule has 0 saturated heterocycles. The number of nitrogens with zero attached hydrogens (tertiary/aromatic N) is 3. The van der Waals surface area contributed by atoms with Crippen molar-refractivity contribution in [3.8, 4) is 0 Å². The van der Waals surface area contributed by atoms with E-state index >= 15 is 0 Å². The van der Waals surface area contributed by atoms with Crippen molar-refractivity contribution in [1.82, 2.24) is 14.6 Å². The number of esters is 1. The van der Waals surface area contributed by atoms with Gasteiger partial charge >= 0.3 is 5.97 Å². The summed E-state index contributed by atoms with van der Waals surface area (Å²) in [7, 11) is 1.33. The summed E-state index contributed by atoms with van der Waals surface area (Å²) in [5.74, 6) is -0.525. The van der Waals surface area contributed by atoms with Crippen molar-refractivity contribution >= 4 is 17.6 Å². The quantitative estimate of drug-likeness (QED) is 0.849. The third-order valence-corrected chi connectivity index (χ3v) is 2.70. The Balaban J connectivity index is 2.26. The van der Waals surface area contributed by atoms with Crippen LogP contribution in [0.3, 0.4) is 0 Å². The predicted molar refractivity (Wildman–Crippen MR) is 67.2 cm³/mol. The van der Waals surface area contributed by atoms with Crippen molar-refractivity contribution in [3.05, 3.63) is 24.1 Å². The van der Waals surface area contributed by atoms with Gasteiger partial charge in [-0.3, -0.25) is 0 Å². The molecule has 2 heterocycles. The number of fused-ring (bicyclic) bond motifs is 1. The molecule has 6 nitrogen and oxygen atoms in total. The number of carbonyl (C=O) groups excluding carboxylic acids is 1. The molecule has 0 aromatic carbocycles. The van der Waals surface area contributed by atoms with Crippen molar-refractivity contribution in [2.24, 2.45) is 5.92 Å². The first-order valence-electron chi connectivity index (χ1n) is 5.87. The Labute approximate surface area is 109 Å². The van der Waals surface area contributed by atoms with Crippen LogP contribution >= 0.6 is 0 Å². The number of carbonyl (C=O) groups is 1. The largest absolute Gasteiger partial charge is 0.467 e. The highest BCUT2D eigenvalue weighted by Gasteiger charge is 2.24. The highest BCUT2D eigenvalue weighted by Crippen LogP contribution is 2.12.